The van der Waals surface area contributed by atoms with Crippen LogP contribution in [0.25, 0.3) is 0 Å². The minimum Gasteiger partial charge on any atom is -0.329 e. The molecule has 0 amide bonds. The van der Waals surface area contributed by atoms with Gasteiger partial charge in [0.15, 0.2) is 0 Å². The van der Waals surface area contributed by atoms with Gasteiger partial charge in [-0.15, -0.1) is 17.5 Å². The molecule has 4 nitrogen and oxygen atoms in total. The Bertz CT molecular complexity index is 189. The molecule has 58 valence electrons. The second kappa shape index (κ2) is 4.65. The first-order chi connectivity index (χ1) is 4.33. The van der Waals surface area contributed by atoms with Crippen LogP contribution in [0.3, 0.4) is 0 Å². The van der Waals surface area contributed by atoms with E-state index in [0.29, 0.717) is 13.1 Å². The second-order valence-corrected chi connectivity index (χ2v) is 2.36. The topological polar surface area (TPSA) is 56.7 Å². The van der Waals surface area contributed by atoms with Crippen LogP contribution < -0.4 is 5.73 Å². The zero-order valence-electron chi connectivity index (χ0n) is 5.20. The molecule has 6 heteroatoms. The first-order valence-electron chi connectivity index (χ1n) is 2.58. The Morgan fingerprint density at radius 1 is 1.70 bits per heavy atom. The number of nitrogens with two attached hydrogens (primary N) is 1. The highest BCUT2D eigenvalue weighted by molar-refractivity contribution is 9.10. The van der Waals surface area contributed by atoms with Gasteiger partial charge in [0.1, 0.15) is 4.60 Å². The highest BCUT2D eigenvalue weighted by atomic mass is 79.9. The van der Waals surface area contributed by atoms with E-state index in [-0.39, 0.29) is 12.4 Å². The molecule has 0 saturated carbocycles. The third-order valence-electron chi connectivity index (χ3n) is 0.838. The second-order valence-electron chi connectivity index (χ2n) is 1.55. The molecule has 0 radical (unpaired) electrons. The van der Waals surface area contributed by atoms with Gasteiger partial charge in [-0.1, -0.05) is 0 Å². The summed E-state index contributed by atoms with van der Waals surface area (Å²) < 4.78 is 0.746. The largest absolute Gasteiger partial charge is 0.329 e. The first kappa shape index (κ1) is 9.87. The molecular weight excluding hydrogens is 219 g/mol. The van der Waals surface area contributed by atoms with Gasteiger partial charge >= 0.3 is 0 Å². The van der Waals surface area contributed by atoms with Gasteiger partial charge in [0, 0.05) is 6.54 Å². The lowest BCUT2D eigenvalue weighted by atomic mass is 10.7. The molecule has 1 aromatic heterocycles. The van der Waals surface area contributed by atoms with Crippen LogP contribution in [0.1, 0.15) is 0 Å². The van der Waals surface area contributed by atoms with Crippen LogP contribution in [-0.4, -0.2) is 21.5 Å². The lowest BCUT2D eigenvalue weighted by Crippen LogP contribution is -2.11. The maximum atomic E-state index is 5.25. The van der Waals surface area contributed by atoms with Crippen molar-refractivity contribution in [2.24, 2.45) is 5.73 Å². The van der Waals surface area contributed by atoms with Crippen molar-refractivity contribution in [3.05, 3.63) is 10.8 Å². The van der Waals surface area contributed by atoms with Crippen molar-refractivity contribution in [1.82, 2.24) is 15.0 Å². The van der Waals surface area contributed by atoms with Crippen LogP contribution in [0, 0.1) is 0 Å². The summed E-state index contributed by atoms with van der Waals surface area (Å²) in [5.74, 6) is 0. The third-order valence-corrected chi connectivity index (χ3v) is 1.20. The fraction of sp³-hybridized carbons (Fsp3) is 0.500. The molecule has 0 aliphatic rings. The maximum Gasteiger partial charge on any atom is 0.148 e. The van der Waals surface area contributed by atoms with E-state index < -0.39 is 0 Å². The fourth-order valence-corrected chi connectivity index (χ4v) is 0.774. The summed E-state index contributed by atoms with van der Waals surface area (Å²) in [4.78, 5) is 1.55. The number of hydrogen-bond acceptors (Lipinski definition) is 3. The minimum atomic E-state index is 0. The lowest BCUT2D eigenvalue weighted by molar-refractivity contribution is 0.543. The van der Waals surface area contributed by atoms with Gasteiger partial charge in [-0.3, -0.25) is 0 Å². The maximum absolute atomic E-state index is 5.25. The van der Waals surface area contributed by atoms with Gasteiger partial charge in [-0.05, 0) is 15.9 Å². The van der Waals surface area contributed by atoms with E-state index in [1.54, 1.807) is 11.0 Å². The predicted molar refractivity (Wildman–Crippen MR) is 44.0 cm³/mol. The highest BCUT2D eigenvalue weighted by Gasteiger charge is 1.92. The number of aromatic nitrogens is 3. The summed E-state index contributed by atoms with van der Waals surface area (Å²) in [6, 6.07) is 0. The number of halogens is 2. The van der Waals surface area contributed by atoms with Crippen LogP contribution in [0.15, 0.2) is 10.8 Å². The molecule has 1 heterocycles. The van der Waals surface area contributed by atoms with Gasteiger partial charge in [0.25, 0.3) is 0 Å². The van der Waals surface area contributed by atoms with Crippen molar-refractivity contribution >= 4 is 28.3 Å². The van der Waals surface area contributed by atoms with Crippen molar-refractivity contribution in [3.8, 4) is 0 Å². The van der Waals surface area contributed by atoms with Gasteiger partial charge < -0.3 is 5.73 Å². The molecule has 0 saturated heterocycles. The molecule has 0 spiro atoms. The third kappa shape index (κ3) is 2.64. The van der Waals surface area contributed by atoms with Gasteiger partial charge in [0.2, 0.25) is 0 Å². The molecule has 0 unspecified atom stereocenters. The van der Waals surface area contributed by atoms with Crippen molar-refractivity contribution < 1.29 is 0 Å². The normalized spacial score (nSPS) is 9.00. The van der Waals surface area contributed by atoms with Crippen LogP contribution >= 0.6 is 28.3 Å². The van der Waals surface area contributed by atoms with E-state index in [2.05, 4.69) is 26.1 Å². The van der Waals surface area contributed by atoms with Crippen molar-refractivity contribution in [2.45, 2.75) is 6.54 Å². The predicted octanol–water partition coefficient (Wildman–Crippen LogP) is 0.421. The summed E-state index contributed by atoms with van der Waals surface area (Å²) in [5.41, 5.74) is 5.25. The Morgan fingerprint density at radius 3 is 2.80 bits per heavy atom. The van der Waals surface area contributed by atoms with E-state index >= 15 is 0 Å². The Morgan fingerprint density at radius 2 is 2.40 bits per heavy atom. The number of hydrogen-bond donors (Lipinski definition) is 1. The van der Waals surface area contributed by atoms with Crippen LogP contribution in [0.2, 0.25) is 0 Å². The lowest BCUT2D eigenvalue weighted by Gasteiger charge is -1.91. The summed E-state index contributed by atoms with van der Waals surface area (Å²) in [6.45, 7) is 1.24. The molecule has 0 aromatic carbocycles. The van der Waals surface area contributed by atoms with Gasteiger partial charge in [-0.25, -0.2) is 0 Å². The smallest absolute Gasteiger partial charge is 0.148 e. The molecule has 1 aromatic rings. The average molecular weight is 227 g/mol. The Labute approximate surface area is 73.3 Å². The Kier molecular flexibility index (Phi) is 4.59. The van der Waals surface area contributed by atoms with Crippen LogP contribution in [-0.2, 0) is 6.54 Å². The minimum absolute atomic E-state index is 0. The Balaban J connectivity index is 0.000000810. The molecule has 0 bridgehead atoms. The highest BCUT2D eigenvalue weighted by Crippen LogP contribution is 1.99. The van der Waals surface area contributed by atoms with Crippen molar-refractivity contribution in [2.75, 3.05) is 6.54 Å². The van der Waals surface area contributed by atoms with Gasteiger partial charge in [0.05, 0.1) is 12.7 Å². The summed E-state index contributed by atoms with van der Waals surface area (Å²) in [7, 11) is 0. The zero-order valence-corrected chi connectivity index (χ0v) is 7.60. The van der Waals surface area contributed by atoms with E-state index in [9.17, 15) is 0 Å². The average Bonchev–Trinajstić information content (AvgIpc) is 2.17. The van der Waals surface area contributed by atoms with E-state index in [4.69, 9.17) is 5.73 Å². The quantitative estimate of drug-likeness (QED) is 0.797. The van der Waals surface area contributed by atoms with Crippen LogP contribution in [0.5, 0.6) is 0 Å². The molecule has 0 fully saturated rings. The van der Waals surface area contributed by atoms with Gasteiger partial charge in [-0.2, -0.15) is 9.90 Å². The standard InChI is InChI=1S/C4H7BrN4.ClH/c5-4-3-7-9(8-4)2-1-6;/h3H,1-2,6H2;1H. The molecule has 0 aliphatic heterocycles. The zero-order chi connectivity index (χ0) is 6.69. The molecule has 1 rings (SSSR count). The Hall–Kier alpha value is -0.130. The summed E-state index contributed by atoms with van der Waals surface area (Å²) in [5, 5.41) is 7.83. The molecule has 0 atom stereocenters. The molecule has 10 heavy (non-hydrogen) atoms. The SMILES string of the molecule is Cl.NCCn1ncc(Br)n1. The first-order valence-corrected chi connectivity index (χ1v) is 3.38. The van der Waals surface area contributed by atoms with E-state index in [1.807, 2.05) is 0 Å². The van der Waals surface area contributed by atoms with Crippen molar-refractivity contribution in [1.29, 1.82) is 0 Å². The monoisotopic (exact) mass is 226 g/mol. The molecule has 2 N–H and O–H groups in total. The number of nitrogens with zero attached hydrogens (tertiary/aromatic N) is 3. The number of rotatable bonds is 2. The summed E-state index contributed by atoms with van der Waals surface area (Å²) in [6.07, 6.45) is 1.63. The fourth-order valence-electron chi connectivity index (χ4n) is 0.499. The summed E-state index contributed by atoms with van der Waals surface area (Å²) >= 11 is 3.17. The van der Waals surface area contributed by atoms with E-state index in [1.165, 1.54) is 0 Å². The molecular formula is C4H8BrClN4. The van der Waals surface area contributed by atoms with Crippen LogP contribution in [0.4, 0.5) is 0 Å². The van der Waals surface area contributed by atoms with Crippen molar-refractivity contribution in [3.63, 3.8) is 0 Å². The van der Waals surface area contributed by atoms with E-state index in [0.717, 1.165) is 4.60 Å². The molecule has 0 aliphatic carbocycles.